The Balaban J connectivity index is 1.47. The Labute approximate surface area is 133 Å². The molecule has 1 aliphatic heterocycles. The van der Waals surface area contributed by atoms with E-state index in [4.69, 9.17) is 0 Å². The highest BCUT2D eigenvalue weighted by Gasteiger charge is 2.29. The van der Waals surface area contributed by atoms with Gasteiger partial charge in [-0.05, 0) is 25.0 Å². The van der Waals surface area contributed by atoms with Crippen molar-refractivity contribution in [3.8, 4) is 0 Å². The number of nitrogens with one attached hydrogen (secondary N) is 3. The number of rotatable bonds is 5. The van der Waals surface area contributed by atoms with Gasteiger partial charge in [-0.1, -0.05) is 0 Å². The Morgan fingerprint density at radius 3 is 2.82 bits per heavy atom. The maximum atomic E-state index is 12.0. The lowest BCUT2D eigenvalue weighted by Crippen LogP contribution is -2.39. The van der Waals surface area contributed by atoms with Crippen LogP contribution < -0.4 is 16.0 Å². The largest absolute Gasteiger partial charge is 0.325 e. The molecule has 0 spiro atoms. The first kappa shape index (κ1) is 15.3. The molecule has 0 radical (unpaired) electrons. The van der Waals surface area contributed by atoms with Crippen LogP contribution in [-0.2, 0) is 9.59 Å². The number of hydrogen-bond donors (Lipinski definition) is 3. The van der Waals surface area contributed by atoms with Crippen LogP contribution in [0.4, 0.5) is 11.5 Å². The molecule has 1 atom stereocenters. The zero-order valence-electron chi connectivity index (χ0n) is 12.3. The SMILES string of the molecule is O=C(CC1CSCCN1)Nc1ccc(NC(=O)C2CC2)nc1. The molecule has 1 unspecified atom stereocenters. The van der Waals surface area contributed by atoms with Crippen LogP contribution in [0.25, 0.3) is 0 Å². The second-order valence-electron chi connectivity index (χ2n) is 5.67. The lowest BCUT2D eigenvalue weighted by atomic mass is 10.2. The maximum Gasteiger partial charge on any atom is 0.228 e. The molecule has 0 bridgehead atoms. The lowest BCUT2D eigenvalue weighted by molar-refractivity contribution is -0.117. The fourth-order valence-corrected chi connectivity index (χ4v) is 3.25. The quantitative estimate of drug-likeness (QED) is 0.765. The number of carbonyl (C=O) groups is 2. The average Bonchev–Trinajstić information content (AvgIpc) is 3.35. The first-order valence-corrected chi connectivity index (χ1v) is 8.74. The van der Waals surface area contributed by atoms with E-state index in [1.165, 1.54) is 0 Å². The van der Waals surface area contributed by atoms with Gasteiger partial charge in [0.05, 0.1) is 11.9 Å². The highest BCUT2D eigenvalue weighted by atomic mass is 32.2. The number of amides is 2. The minimum absolute atomic E-state index is 0.0171. The number of thioether (sulfide) groups is 1. The third kappa shape index (κ3) is 4.45. The van der Waals surface area contributed by atoms with E-state index in [2.05, 4.69) is 20.9 Å². The predicted molar refractivity (Wildman–Crippen MR) is 88.0 cm³/mol. The van der Waals surface area contributed by atoms with Gasteiger partial charge in [0.2, 0.25) is 11.8 Å². The molecule has 118 valence electrons. The number of anilines is 2. The van der Waals surface area contributed by atoms with E-state index in [1.807, 2.05) is 11.8 Å². The Kier molecular flexibility index (Phi) is 4.94. The summed E-state index contributed by atoms with van der Waals surface area (Å²) in [6.45, 7) is 0.958. The second kappa shape index (κ2) is 7.11. The lowest BCUT2D eigenvalue weighted by Gasteiger charge is -2.22. The van der Waals surface area contributed by atoms with Gasteiger partial charge in [-0.25, -0.2) is 4.98 Å². The summed E-state index contributed by atoms with van der Waals surface area (Å²) in [6.07, 6.45) is 3.97. The summed E-state index contributed by atoms with van der Waals surface area (Å²) in [7, 11) is 0. The molecule has 22 heavy (non-hydrogen) atoms. The van der Waals surface area contributed by atoms with Gasteiger partial charge in [0.1, 0.15) is 5.82 Å². The first-order valence-electron chi connectivity index (χ1n) is 7.58. The molecule has 7 heteroatoms. The monoisotopic (exact) mass is 320 g/mol. The molecular formula is C15H20N4O2S. The smallest absolute Gasteiger partial charge is 0.228 e. The van der Waals surface area contributed by atoms with Gasteiger partial charge in [-0.15, -0.1) is 0 Å². The summed E-state index contributed by atoms with van der Waals surface area (Å²) >= 11 is 1.87. The Bertz CT molecular complexity index is 539. The molecule has 1 aromatic heterocycles. The van der Waals surface area contributed by atoms with Crippen molar-refractivity contribution in [1.82, 2.24) is 10.3 Å². The van der Waals surface area contributed by atoms with E-state index in [9.17, 15) is 9.59 Å². The molecule has 2 aliphatic rings. The van der Waals surface area contributed by atoms with E-state index >= 15 is 0 Å². The highest BCUT2D eigenvalue weighted by molar-refractivity contribution is 7.99. The van der Waals surface area contributed by atoms with Gasteiger partial charge in [-0.3, -0.25) is 9.59 Å². The minimum Gasteiger partial charge on any atom is -0.325 e. The maximum absolute atomic E-state index is 12.0. The van der Waals surface area contributed by atoms with Crippen LogP contribution in [0.1, 0.15) is 19.3 Å². The van der Waals surface area contributed by atoms with Crippen molar-refractivity contribution >= 4 is 35.1 Å². The van der Waals surface area contributed by atoms with Crippen molar-refractivity contribution in [3.63, 3.8) is 0 Å². The zero-order chi connectivity index (χ0) is 15.4. The topological polar surface area (TPSA) is 83.1 Å². The molecule has 2 amide bonds. The average molecular weight is 320 g/mol. The van der Waals surface area contributed by atoms with Gasteiger partial charge in [-0.2, -0.15) is 11.8 Å². The molecule has 0 aromatic carbocycles. The Morgan fingerprint density at radius 1 is 1.32 bits per heavy atom. The van der Waals surface area contributed by atoms with Crippen LogP contribution in [0.5, 0.6) is 0 Å². The van der Waals surface area contributed by atoms with E-state index < -0.39 is 0 Å². The van der Waals surface area contributed by atoms with Crippen LogP contribution in [-0.4, -0.2) is 40.9 Å². The summed E-state index contributed by atoms with van der Waals surface area (Å²) < 4.78 is 0. The van der Waals surface area contributed by atoms with Gasteiger partial charge in [0.25, 0.3) is 0 Å². The normalized spacial score (nSPS) is 21.2. The summed E-state index contributed by atoms with van der Waals surface area (Å²) in [5.41, 5.74) is 0.651. The number of carbonyl (C=O) groups excluding carboxylic acids is 2. The molecule has 1 aliphatic carbocycles. The molecule has 3 N–H and O–H groups in total. The number of pyridine rings is 1. The Morgan fingerprint density at radius 2 is 2.18 bits per heavy atom. The van der Waals surface area contributed by atoms with Crippen LogP contribution in [0.15, 0.2) is 18.3 Å². The van der Waals surface area contributed by atoms with Gasteiger partial charge in [0.15, 0.2) is 0 Å². The molecule has 3 rings (SSSR count). The second-order valence-corrected chi connectivity index (χ2v) is 6.82. The predicted octanol–water partition coefficient (Wildman–Crippen LogP) is 1.46. The standard InChI is InChI=1S/C15H20N4O2S/c20-14(7-12-9-22-6-5-16-12)18-11-3-4-13(17-8-11)19-15(21)10-1-2-10/h3-4,8,10,12,16H,1-2,5-7,9H2,(H,18,20)(H,17,19,21). The number of nitrogens with zero attached hydrogens (tertiary/aromatic N) is 1. The van der Waals surface area contributed by atoms with E-state index in [0.29, 0.717) is 17.9 Å². The molecule has 1 saturated carbocycles. The van der Waals surface area contributed by atoms with Crippen molar-refractivity contribution in [1.29, 1.82) is 0 Å². The minimum atomic E-state index is -0.0171. The fraction of sp³-hybridized carbons (Fsp3) is 0.533. The van der Waals surface area contributed by atoms with Crippen molar-refractivity contribution in [2.24, 2.45) is 5.92 Å². The van der Waals surface area contributed by atoms with Crippen LogP contribution >= 0.6 is 11.8 Å². The molecule has 1 aromatic rings. The summed E-state index contributed by atoms with van der Waals surface area (Å²) in [6, 6.07) is 3.71. The van der Waals surface area contributed by atoms with Crippen LogP contribution in [0.3, 0.4) is 0 Å². The molecular weight excluding hydrogens is 300 g/mol. The molecule has 2 heterocycles. The van der Waals surface area contributed by atoms with E-state index in [-0.39, 0.29) is 23.8 Å². The summed E-state index contributed by atoms with van der Waals surface area (Å²) in [5.74, 6) is 2.78. The van der Waals surface area contributed by atoms with E-state index in [0.717, 1.165) is 30.9 Å². The van der Waals surface area contributed by atoms with Gasteiger partial charge in [0, 0.05) is 36.4 Å². The van der Waals surface area contributed by atoms with Crippen molar-refractivity contribution in [3.05, 3.63) is 18.3 Å². The summed E-state index contributed by atoms with van der Waals surface area (Å²) in [4.78, 5) is 27.8. The van der Waals surface area contributed by atoms with Gasteiger partial charge >= 0.3 is 0 Å². The zero-order valence-corrected chi connectivity index (χ0v) is 13.1. The van der Waals surface area contributed by atoms with Crippen molar-refractivity contribution in [2.75, 3.05) is 28.7 Å². The van der Waals surface area contributed by atoms with Crippen molar-refractivity contribution < 1.29 is 9.59 Å². The fourth-order valence-electron chi connectivity index (χ4n) is 2.30. The molecule has 6 nitrogen and oxygen atoms in total. The van der Waals surface area contributed by atoms with Crippen LogP contribution in [0.2, 0.25) is 0 Å². The van der Waals surface area contributed by atoms with E-state index in [1.54, 1.807) is 18.3 Å². The Hall–Kier alpha value is -1.60. The highest BCUT2D eigenvalue weighted by Crippen LogP contribution is 2.29. The number of aromatic nitrogens is 1. The number of hydrogen-bond acceptors (Lipinski definition) is 5. The molecule has 2 fully saturated rings. The third-order valence-corrected chi connectivity index (χ3v) is 4.81. The van der Waals surface area contributed by atoms with Gasteiger partial charge < -0.3 is 16.0 Å². The van der Waals surface area contributed by atoms with Crippen LogP contribution in [0, 0.1) is 5.92 Å². The first-order chi connectivity index (χ1) is 10.7. The third-order valence-electron chi connectivity index (χ3n) is 3.68. The molecule has 1 saturated heterocycles. The summed E-state index contributed by atoms with van der Waals surface area (Å²) in [5, 5.41) is 8.95. The van der Waals surface area contributed by atoms with Crippen molar-refractivity contribution in [2.45, 2.75) is 25.3 Å².